The molecule has 1 aromatic rings. The lowest BCUT2D eigenvalue weighted by Crippen LogP contribution is -2.37. The fraction of sp³-hybridized carbons (Fsp3) is 0.647. The van der Waals surface area contributed by atoms with Gasteiger partial charge in [-0.3, -0.25) is 0 Å². The zero-order chi connectivity index (χ0) is 14.1. The van der Waals surface area contributed by atoms with Crippen LogP contribution in [-0.4, -0.2) is 24.8 Å². The highest BCUT2D eigenvalue weighted by Gasteiger charge is 2.24. The molecule has 0 fully saturated rings. The lowest BCUT2D eigenvalue weighted by Gasteiger charge is -2.30. The number of rotatable bonds is 9. The van der Waals surface area contributed by atoms with Crippen LogP contribution in [0.25, 0.3) is 0 Å². The summed E-state index contributed by atoms with van der Waals surface area (Å²) < 4.78 is 0. The van der Waals surface area contributed by atoms with Crippen LogP contribution in [0.3, 0.4) is 0 Å². The maximum atomic E-state index is 9.52. The van der Waals surface area contributed by atoms with Crippen molar-refractivity contribution in [2.45, 2.75) is 46.0 Å². The van der Waals surface area contributed by atoms with Gasteiger partial charge >= 0.3 is 0 Å². The number of aliphatic hydroxyl groups excluding tert-OH is 1. The van der Waals surface area contributed by atoms with Gasteiger partial charge < -0.3 is 10.4 Å². The zero-order valence-corrected chi connectivity index (χ0v) is 12.7. The second-order valence-electron chi connectivity index (χ2n) is 5.64. The summed E-state index contributed by atoms with van der Waals surface area (Å²) >= 11 is 0. The first kappa shape index (κ1) is 16.2. The van der Waals surface area contributed by atoms with E-state index in [4.69, 9.17) is 0 Å². The molecule has 0 saturated carbocycles. The van der Waals surface area contributed by atoms with Crippen LogP contribution in [0.1, 0.15) is 51.5 Å². The fourth-order valence-electron chi connectivity index (χ4n) is 2.40. The van der Waals surface area contributed by atoms with Crippen molar-refractivity contribution in [2.75, 3.05) is 19.7 Å². The molecule has 0 amide bonds. The molecule has 0 heterocycles. The molecule has 0 spiro atoms. The van der Waals surface area contributed by atoms with Gasteiger partial charge in [0, 0.05) is 18.6 Å². The van der Waals surface area contributed by atoms with Crippen LogP contribution in [0.2, 0.25) is 0 Å². The molecule has 1 atom stereocenters. The lowest BCUT2D eigenvalue weighted by molar-refractivity contribution is 0.113. The Bertz CT molecular complexity index is 324. The summed E-state index contributed by atoms with van der Waals surface area (Å²) in [6.07, 6.45) is 3.20. The van der Waals surface area contributed by atoms with Crippen LogP contribution in [-0.2, 0) is 0 Å². The van der Waals surface area contributed by atoms with E-state index < -0.39 is 0 Å². The number of aliphatic hydroxyl groups is 1. The molecule has 2 N–H and O–H groups in total. The molecule has 0 aromatic heterocycles. The largest absolute Gasteiger partial charge is 0.396 e. The van der Waals surface area contributed by atoms with Crippen molar-refractivity contribution >= 4 is 0 Å². The molecule has 1 rings (SSSR count). The van der Waals surface area contributed by atoms with Crippen LogP contribution in [0, 0.1) is 5.41 Å². The predicted octanol–water partition coefficient (Wildman–Crippen LogP) is 3.57. The Morgan fingerprint density at radius 3 is 2.32 bits per heavy atom. The van der Waals surface area contributed by atoms with Gasteiger partial charge in [0.1, 0.15) is 0 Å². The van der Waals surface area contributed by atoms with Crippen molar-refractivity contribution < 1.29 is 5.11 Å². The maximum Gasteiger partial charge on any atom is 0.0499 e. The van der Waals surface area contributed by atoms with Gasteiger partial charge in [0.15, 0.2) is 0 Å². The smallest absolute Gasteiger partial charge is 0.0499 e. The van der Waals surface area contributed by atoms with Crippen molar-refractivity contribution in [1.29, 1.82) is 0 Å². The first-order valence-corrected chi connectivity index (χ1v) is 7.54. The van der Waals surface area contributed by atoms with Crippen molar-refractivity contribution in [3.63, 3.8) is 0 Å². The minimum Gasteiger partial charge on any atom is -0.396 e. The van der Waals surface area contributed by atoms with Crippen LogP contribution in [0.5, 0.6) is 0 Å². The van der Waals surface area contributed by atoms with E-state index in [0.29, 0.717) is 5.92 Å². The van der Waals surface area contributed by atoms with Crippen LogP contribution >= 0.6 is 0 Å². The highest BCUT2D eigenvalue weighted by molar-refractivity contribution is 5.18. The maximum absolute atomic E-state index is 9.52. The molecule has 0 aliphatic rings. The van der Waals surface area contributed by atoms with Crippen molar-refractivity contribution in [2.24, 2.45) is 5.41 Å². The SMILES string of the molecule is CCC(CC)(CO)CNCCC(C)c1ccccc1. The molecule has 0 aliphatic carbocycles. The van der Waals surface area contributed by atoms with E-state index in [1.54, 1.807) is 0 Å². The Morgan fingerprint density at radius 2 is 1.79 bits per heavy atom. The molecule has 0 bridgehead atoms. The quantitative estimate of drug-likeness (QED) is 0.668. The van der Waals surface area contributed by atoms with E-state index in [2.05, 4.69) is 56.4 Å². The van der Waals surface area contributed by atoms with Crippen LogP contribution < -0.4 is 5.32 Å². The third-order valence-electron chi connectivity index (χ3n) is 4.46. The van der Waals surface area contributed by atoms with Crippen molar-refractivity contribution in [3.05, 3.63) is 35.9 Å². The molecular formula is C17H29NO. The summed E-state index contributed by atoms with van der Waals surface area (Å²) in [4.78, 5) is 0. The molecular weight excluding hydrogens is 234 g/mol. The van der Waals surface area contributed by atoms with Gasteiger partial charge in [0.05, 0.1) is 0 Å². The summed E-state index contributed by atoms with van der Waals surface area (Å²) in [7, 11) is 0. The van der Waals surface area contributed by atoms with E-state index in [-0.39, 0.29) is 12.0 Å². The van der Waals surface area contributed by atoms with Gasteiger partial charge in [0.25, 0.3) is 0 Å². The van der Waals surface area contributed by atoms with Gasteiger partial charge in [-0.15, -0.1) is 0 Å². The summed E-state index contributed by atoms with van der Waals surface area (Å²) in [5, 5.41) is 13.0. The standard InChI is InChI=1S/C17H29NO/c1-4-17(5-2,14-19)13-18-12-11-15(3)16-9-7-6-8-10-16/h6-10,15,18-19H,4-5,11-14H2,1-3H3. The summed E-state index contributed by atoms with van der Waals surface area (Å²) in [6.45, 7) is 8.80. The molecule has 1 unspecified atom stereocenters. The third kappa shape index (κ3) is 4.96. The molecule has 1 aromatic carbocycles. The molecule has 0 aliphatic heterocycles. The van der Waals surface area contributed by atoms with Crippen molar-refractivity contribution in [1.82, 2.24) is 5.32 Å². The highest BCUT2D eigenvalue weighted by atomic mass is 16.3. The average molecular weight is 263 g/mol. The Balaban J connectivity index is 2.31. The molecule has 2 nitrogen and oxygen atoms in total. The monoisotopic (exact) mass is 263 g/mol. The van der Waals surface area contributed by atoms with E-state index in [0.717, 1.165) is 32.4 Å². The second kappa shape index (κ2) is 8.34. The molecule has 19 heavy (non-hydrogen) atoms. The van der Waals surface area contributed by atoms with Gasteiger partial charge in [-0.25, -0.2) is 0 Å². The molecule has 0 saturated heterocycles. The van der Waals surface area contributed by atoms with Crippen LogP contribution in [0.4, 0.5) is 0 Å². The highest BCUT2D eigenvalue weighted by Crippen LogP contribution is 2.24. The van der Waals surface area contributed by atoms with E-state index in [1.165, 1.54) is 5.56 Å². The second-order valence-corrected chi connectivity index (χ2v) is 5.64. The molecule has 0 radical (unpaired) electrons. The minimum atomic E-state index is 0.0655. The molecule has 108 valence electrons. The Kier molecular flexibility index (Phi) is 7.11. The zero-order valence-electron chi connectivity index (χ0n) is 12.7. The normalized spacial score (nSPS) is 13.5. The topological polar surface area (TPSA) is 32.3 Å². The van der Waals surface area contributed by atoms with E-state index >= 15 is 0 Å². The van der Waals surface area contributed by atoms with Gasteiger partial charge in [-0.05, 0) is 37.3 Å². The fourth-order valence-corrected chi connectivity index (χ4v) is 2.40. The van der Waals surface area contributed by atoms with E-state index in [1.807, 2.05) is 0 Å². The summed E-state index contributed by atoms with van der Waals surface area (Å²) in [5.74, 6) is 0.584. The number of nitrogens with one attached hydrogen (secondary N) is 1. The van der Waals surface area contributed by atoms with E-state index in [9.17, 15) is 5.11 Å². The van der Waals surface area contributed by atoms with Crippen LogP contribution in [0.15, 0.2) is 30.3 Å². The Labute approximate surface area is 118 Å². The third-order valence-corrected chi connectivity index (χ3v) is 4.46. The van der Waals surface area contributed by atoms with Gasteiger partial charge in [-0.2, -0.15) is 0 Å². The van der Waals surface area contributed by atoms with Crippen molar-refractivity contribution in [3.8, 4) is 0 Å². The number of hydrogen-bond donors (Lipinski definition) is 2. The Hall–Kier alpha value is -0.860. The first-order chi connectivity index (χ1) is 9.17. The summed E-state index contributed by atoms with van der Waals surface area (Å²) in [6, 6.07) is 10.7. The Morgan fingerprint density at radius 1 is 1.16 bits per heavy atom. The summed E-state index contributed by atoms with van der Waals surface area (Å²) in [5.41, 5.74) is 1.47. The predicted molar refractivity (Wildman–Crippen MR) is 82.4 cm³/mol. The number of benzene rings is 1. The number of hydrogen-bond acceptors (Lipinski definition) is 2. The molecule has 2 heteroatoms. The van der Waals surface area contributed by atoms with Gasteiger partial charge in [0.2, 0.25) is 0 Å². The minimum absolute atomic E-state index is 0.0655. The lowest BCUT2D eigenvalue weighted by atomic mass is 9.83. The average Bonchev–Trinajstić information content (AvgIpc) is 2.49. The van der Waals surface area contributed by atoms with Gasteiger partial charge in [-0.1, -0.05) is 51.1 Å². The first-order valence-electron chi connectivity index (χ1n) is 7.54.